The van der Waals surface area contributed by atoms with Gasteiger partial charge in [0, 0.05) is 37.8 Å². The van der Waals surface area contributed by atoms with Gasteiger partial charge in [0.2, 0.25) is 0 Å². The third-order valence-corrected chi connectivity index (χ3v) is 4.71. The second-order valence-electron chi connectivity index (χ2n) is 6.81. The topological polar surface area (TPSA) is 45.2 Å². The first-order valence-corrected chi connectivity index (χ1v) is 7.99. The van der Waals surface area contributed by atoms with Gasteiger partial charge in [0.05, 0.1) is 0 Å². The lowest BCUT2D eigenvalue weighted by Crippen LogP contribution is -2.24. The molecule has 1 aromatic carbocycles. The molecule has 2 heterocycles. The molecule has 23 heavy (non-hydrogen) atoms. The summed E-state index contributed by atoms with van der Waals surface area (Å²) >= 11 is 0. The summed E-state index contributed by atoms with van der Waals surface area (Å²) in [5.74, 6) is 1.25. The highest BCUT2D eigenvalue weighted by Crippen LogP contribution is 2.43. The quantitative estimate of drug-likeness (QED) is 0.948. The van der Waals surface area contributed by atoms with Crippen LogP contribution >= 0.6 is 0 Å². The van der Waals surface area contributed by atoms with Crippen LogP contribution in [0.15, 0.2) is 48.7 Å². The molecule has 0 radical (unpaired) electrons. The van der Waals surface area contributed by atoms with E-state index in [4.69, 9.17) is 0 Å². The van der Waals surface area contributed by atoms with Crippen LogP contribution in [-0.4, -0.2) is 31.0 Å². The van der Waals surface area contributed by atoms with E-state index in [9.17, 15) is 4.79 Å². The first-order chi connectivity index (χ1) is 11.0. The Morgan fingerprint density at radius 2 is 2.00 bits per heavy atom. The summed E-state index contributed by atoms with van der Waals surface area (Å²) in [4.78, 5) is 18.6. The molecule has 0 unspecified atom stereocenters. The molecule has 0 spiro atoms. The van der Waals surface area contributed by atoms with Crippen LogP contribution in [0.5, 0.6) is 0 Å². The fourth-order valence-electron chi connectivity index (χ4n) is 3.43. The molecule has 1 fully saturated rings. The number of benzene rings is 1. The summed E-state index contributed by atoms with van der Waals surface area (Å²) < 4.78 is 0. The highest BCUT2D eigenvalue weighted by Gasteiger charge is 2.40. The highest BCUT2D eigenvalue weighted by molar-refractivity contribution is 5.94. The molecular weight excluding hydrogens is 286 g/mol. The van der Waals surface area contributed by atoms with E-state index in [0.29, 0.717) is 11.5 Å². The Hall–Kier alpha value is -2.36. The van der Waals surface area contributed by atoms with Crippen LogP contribution in [0.3, 0.4) is 0 Å². The van der Waals surface area contributed by atoms with Crippen molar-refractivity contribution in [3.8, 4) is 0 Å². The zero-order valence-corrected chi connectivity index (χ0v) is 13.9. The average Bonchev–Trinajstić information content (AvgIpc) is 2.90. The van der Waals surface area contributed by atoms with Crippen LogP contribution in [0.4, 0.5) is 5.82 Å². The molecule has 120 valence electrons. The lowest BCUT2D eigenvalue weighted by atomic mass is 9.78. The van der Waals surface area contributed by atoms with E-state index in [1.54, 1.807) is 19.3 Å². The standard InChI is InChI=1S/C19H23N3O/c1-19(2)13-22(12-16(19)14-7-5-4-6-8-14)17-11-15(9-10-21-17)18(23)20-3/h4-11,16H,12-13H2,1-3H3,(H,20,23)/t16-/m0/s1. The smallest absolute Gasteiger partial charge is 0.251 e. The molecule has 2 aromatic rings. The molecule has 1 atom stereocenters. The number of rotatable bonds is 3. The molecule has 0 saturated carbocycles. The summed E-state index contributed by atoms with van der Waals surface area (Å²) in [6.07, 6.45) is 1.71. The molecular formula is C19H23N3O. The van der Waals surface area contributed by atoms with Gasteiger partial charge in [0.15, 0.2) is 0 Å². The number of carbonyl (C=O) groups excluding carboxylic acids is 1. The van der Waals surface area contributed by atoms with Crippen molar-refractivity contribution in [1.82, 2.24) is 10.3 Å². The Bertz CT molecular complexity index is 697. The fourth-order valence-corrected chi connectivity index (χ4v) is 3.43. The Kier molecular flexibility index (Phi) is 4.07. The first kappa shape index (κ1) is 15.5. The third-order valence-electron chi connectivity index (χ3n) is 4.71. The maximum absolute atomic E-state index is 11.8. The molecule has 1 saturated heterocycles. The van der Waals surface area contributed by atoms with E-state index in [-0.39, 0.29) is 11.3 Å². The van der Waals surface area contributed by atoms with Crippen LogP contribution in [0.1, 0.15) is 35.7 Å². The van der Waals surface area contributed by atoms with Crippen LogP contribution in [0.25, 0.3) is 0 Å². The van der Waals surface area contributed by atoms with E-state index in [2.05, 4.69) is 59.4 Å². The molecule has 0 aliphatic carbocycles. The first-order valence-electron chi connectivity index (χ1n) is 7.99. The number of aromatic nitrogens is 1. The molecule has 0 bridgehead atoms. The van der Waals surface area contributed by atoms with E-state index in [1.807, 2.05) is 6.07 Å². The van der Waals surface area contributed by atoms with Crippen LogP contribution in [-0.2, 0) is 0 Å². The van der Waals surface area contributed by atoms with E-state index in [0.717, 1.165) is 18.9 Å². The normalized spacial score (nSPS) is 19.6. The second-order valence-corrected chi connectivity index (χ2v) is 6.81. The van der Waals surface area contributed by atoms with Crippen molar-refractivity contribution in [2.45, 2.75) is 19.8 Å². The van der Waals surface area contributed by atoms with Crippen molar-refractivity contribution in [2.75, 3.05) is 25.0 Å². The minimum absolute atomic E-state index is 0.0771. The van der Waals surface area contributed by atoms with Crippen LogP contribution < -0.4 is 10.2 Å². The van der Waals surface area contributed by atoms with Gasteiger partial charge in [-0.1, -0.05) is 44.2 Å². The number of hydrogen-bond donors (Lipinski definition) is 1. The zero-order valence-electron chi connectivity index (χ0n) is 13.9. The minimum atomic E-state index is -0.0771. The number of carbonyl (C=O) groups is 1. The van der Waals surface area contributed by atoms with Crippen molar-refractivity contribution in [3.05, 3.63) is 59.8 Å². The van der Waals surface area contributed by atoms with Gasteiger partial charge in [-0.2, -0.15) is 0 Å². The predicted molar refractivity (Wildman–Crippen MR) is 92.8 cm³/mol. The molecule has 4 nitrogen and oxygen atoms in total. The highest BCUT2D eigenvalue weighted by atomic mass is 16.1. The molecule has 1 aromatic heterocycles. The number of pyridine rings is 1. The molecule has 4 heteroatoms. The van der Waals surface area contributed by atoms with Crippen LogP contribution in [0, 0.1) is 5.41 Å². The summed E-state index contributed by atoms with van der Waals surface area (Å²) in [5.41, 5.74) is 2.17. The van der Waals surface area contributed by atoms with Crippen molar-refractivity contribution >= 4 is 11.7 Å². The van der Waals surface area contributed by atoms with Crippen molar-refractivity contribution in [2.24, 2.45) is 5.41 Å². The van der Waals surface area contributed by atoms with E-state index < -0.39 is 0 Å². The number of hydrogen-bond acceptors (Lipinski definition) is 3. The van der Waals surface area contributed by atoms with Gasteiger partial charge in [-0.3, -0.25) is 4.79 Å². The fraction of sp³-hybridized carbons (Fsp3) is 0.368. The zero-order chi connectivity index (χ0) is 16.4. The van der Waals surface area contributed by atoms with Gasteiger partial charge in [-0.15, -0.1) is 0 Å². The van der Waals surface area contributed by atoms with E-state index in [1.165, 1.54) is 5.56 Å². The number of anilines is 1. The Labute approximate surface area is 137 Å². The Morgan fingerprint density at radius 1 is 1.26 bits per heavy atom. The number of nitrogens with zero attached hydrogens (tertiary/aromatic N) is 2. The van der Waals surface area contributed by atoms with Crippen molar-refractivity contribution < 1.29 is 4.79 Å². The molecule has 1 aliphatic heterocycles. The molecule has 1 amide bonds. The van der Waals surface area contributed by atoms with E-state index >= 15 is 0 Å². The van der Waals surface area contributed by atoms with Crippen molar-refractivity contribution in [1.29, 1.82) is 0 Å². The Morgan fingerprint density at radius 3 is 2.70 bits per heavy atom. The van der Waals surface area contributed by atoms with Gasteiger partial charge in [-0.05, 0) is 23.1 Å². The summed E-state index contributed by atoms with van der Waals surface area (Å²) in [6.45, 7) is 6.44. The van der Waals surface area contributed by atoms with Gasteiger partial charge in [0.25, 0.3) is 5.91 Å². The summed E-state index contributed by atoms with van der Waals surface area (Å²) in [6, 6.07) is 14.3. The maximum atomic E-state index is 11.8. The van der Waals surface area contributed by atoms with Gasteiger partial charge >= 0.3 is 0 Å². The molecule has 3 rings (SSSR count). The SMILES string of the molecule is CNC(=O)c1ccnc(N2C[C@@H](c3ccccc3)C(C)(C)C2)c1. The monoisotopic (exact) mass is 309 g/mol. The summed E-state index contributed by atoms with van der Waals surface area (Å²) in [7, 11) is 1.65. The average molecular weight is 309 g/mol. The third kappa shape index (κ3) is 3.07. The molecule has 1 aliphatic rings. The van der Waals surface area contributed by atoms with Crippen LogP contribution in [0.2, 0.25) is 0 Å². The largest absolute Gasteiger partial charge is 0.355 e. The van der Waals surface area contributed by atoms with Gasteiger partial charge in [-0.25, -0.2) is 4.98 Å². The minimum Gasteiger partial charge on any atom is -0.355 e. The lowest BCUT2D eigenvalue weighted by molar-refractivity contribution is 0.0963. The van der Waals surface area contributed by atoms with Gasteiger partial charge in [0.1, 0.15) is 5.82 Å². The number of nitrogens with one attached hydrogen (secondary N) is 1. The van der Waals surface area contributed by atoms with Crippen molar-refractivity contribution in [3.63, 3.8) is 0 Å². The number of amides is 1. The maximum Gasteiger partial charge on any atom is 0.251 e. The predicted octanol–water partition coefficient (Wildman–Crippen LogP) is 3.07. The Balaban J connectivity index is 1.87. The van der Waals surface area contributed by atoms with Gasteiger partial charge < -0.3 is 10.2 Å². The lowest BCUT2D eigenvalue weighted by Gasteiger charge is -2.25. The molecule has 1 N–H and O–H groups in total. The summed E-state index contributed by atoms with van der Waals surface area (Å²) in [5, 5.41) is 2.66. The second kappa shape index (κ2) is 6.03.